The number of fused-ring (bicyclic) bond motifs is 2. The third-order valence-corrected chi connectivity index (χ3v) is 3.80. The number of para-hydroxylation sites is 2. The minimum atomic E-state index is 0.681. The second-order valence-electron chi connectivity index (χ2n) is 4.96. The predicted molar refractivity (Wildman–Crippen MR) is 86.7 cm³/mol. The first-order chi connectivity index (χ1) is 10.3. The topological polar surface area (TPSA) is 56.5 Å². The summed E-state index contributed by atoms with van der Waals surface area (Å²) in [6.45, 7) is 0.681. The van der Waals surface area contributed by atoms with Crippen LogP contribution in [0.2, 0.25) is 5.02 Å². The zero-order chi connectivity index (χ0) is 14.2. The number of aromatic amines is 2. The van der Waals surface area contributed by atoms with Gasteiger partial charge in [-0.15, -0.1) is 0 Å². The van der Waals surface area contributed by atoms with Crippen LogP contribution >= 0.6 is 11.6 Å². The lowest BCUT2D eigenvalue weighted by Gasteiger charge is -2.01. The van der Waals surface area contributed by atoms with E-state index < -0.39 is 0 Å². The fraction of sp³-hybridized carbons (Fsp3) is 0.0625. The van der Waals surface area contributed by atoms with Crippen LogP contribution in [0.3, 0.4) is 0 Å². The molecule has 0 bridgehead atoms. The number of aromatic nitrogens is 3. The second kappa shape index (κ2) is 4.82. The number of H-pyrrole nitrogens is 2. The number of benzene rings is 2. The van der Waals surface area contributed by atoms with E-state index >= 15 is 0 Å². The van der Waals surface area contributed by atoms with Crippen LogP contribution in [-0.2, 0) is 6.54 Å². The molecule has 0 fully saturated rings. The van der Waals surface area contributed by atoms with Crippen LogP contribution in [0.25, 0.3) is 21.9 Å². The molecule has 104 valence electrons. The SMILES string of the molecule is Clc1ccc2[nH]cc(CNc3nc4ccccc4[nH]3)c2c1. The van der Waals surface area contributed by atoms with Gasteiger partial charge in [-0.05, 0) is 35.9 Å². The van der Waals surface area contributed by atoms with E-state index in [9.17, 15) is 0 Å². The second-order valence-corrected chi connectivity index (χ2v) is 5.40. The van der Waals surface area contributed by atoms with Gasteiger partial charge in [0.15, 0.2) is 0 Å². The molecule has 21 heavy (non-hydrogen) atoms. The Balaban J connectivity index is 1.61. The fourth-order valence-corrected chi connectivity index (χ4v) is 2.68. The molecule has 0 unspecified atom stereocenters. The highest BCUT2D eigenvalue weighted by atomic mass is 35.5. The average Bonchev–Trinajstić information content (AvgIpc) is 3.07. The molecule has 0 aliphatic rings. The number of nitrogens with zero attached hydrogens (tertiary/aromatic N) is 1. The maximum atomic E-state index is 6.07. The first-order valence-corrected chi connectivity index (χ1v) is 7.11. The average molecular weight is 297 g/mol. The van der Waals surface area contributed by atoms with Crippen LogP contribution in [0.15, 0.2) is 48.7 Å². The molecule has 0 aliphatic carbocycles. The van der Waals surface area contributed by atoms with Crippen molar-refractivity contribution in [1.29, 1.82) is 0 Å². The zero-order valence-electron chi connectivity index (χ0n) is 11.2. The molecular weight excluding hydrogens is 284 g/mol. The monoisotopic (exact) mass is 296 g/mol. The molecule has 4 rings (SSSR count). The lowest BCUT2D eigenvalue weighted by Crippen LogP contribution is -2.00. The molecule has 2 aromatic heterocycles. The number of hydrogen-bond acceptors (Lipinski definition) is 2. The van der Waals surface area contributed by atoms with Gasteiger partial charge in [0, 0.05) is 28.7 Å². The number of halogens is 1. The summed E-state index contributed by atoms with van der Waals surface area (Å²) in [6.07, 6.45) is 2.00. The molecule has 3 N–H and O–H groups in total. The van der Waals surface area contributed by atoms with Crippen LogP contribution in [0, 0.1) is 0 Å². The van der Waals surface area contributed by atoms with Crippen molar-refractivity contribution in [3.05, 3.63) is 59.2 Å². The van der Waals surface area contributed by atoms with Gasteiger partial charge in [0.2, 0.25) is 5.95 Å². The largest absolute Gasteiger partial charge is 0.361 e. The Morgan fingerprint density at radius 3 is 2.90 bits per heavy atom. The van der Waals surface area contributed by atoms with Crippen molar-refractivity contribution in [2.75, 3.05) is 5.32 Å². The van der Waals surface area contributed by atoms with E-state index in [1.807, 2.05) is 48.7 Å². The van der Waals surface area contributed by atoms with Gasteiger partial charge in [0.25, 0.3) is 0 Å². The summed E-state index contributed by atoms with van der Waals surface area (Å²) >= 11 is 6.07. The van der Waals surface area contributed by atoms with E-state index in [0.29, 0.717) is 6.54 Å². The Bertz CT molecular complexity index is 889. The Morgan fingerprint density at radius 1 is 1.10 bits per heavy atom. The van der Waals surface area contributed by atoms with Crippen molar-refractivity contribution in [2.45, 2.75) is 6.54 Å². The van der Waals surface area contributed by atoms with E-state index in [4.69, 9.17) is 11.6 Å². The molecule has 2 aromatic carbocycles. The van der Waals surface area contributed by atoms with Crippen molar-refractivity contribution in [2.24, 2.45) is 0 Å². The molecule has 2 heterocycles. The van der Waals surface area contributed by atoms with E-state index in [1.54, 1.807) is 0 Å². The standard InChI is InChI=1S/C16H13ClN4/c17-11-5-6-13-12(7-11)10(8-18-13)9-19-16-20-14-3-1-2-4-15(14)21-16/h1-8,18H,9H2,(H2,19,20,21). The Morgan fingerprint density at radius 2 is 2.00 bits per heavy atom. The molecule has 5 heteroatoms. The first kappa shape index (κ1) is 12.3. The predicted octanol–water partition coefficient (Wildman–Crippen LogP) is 4.31. The molecule has 4 aromatic rings. The van der Waals surface area contributed by atoms with E-state index in [2.05, 4.69) is 20.3 Å². The summed E-state index contributed by atoms with van der Waals surface area (Å²) in [5.74, 6) is 0.771. The van der Waals surface area contributed by atoms with Gasteiger partial charge in [-0.2, -0.15) is 0 Å². The van der Waals surface area contributed by atoms with Crippen molar-refractivity contribution in [1.82, 2.24) is 15.0 Å². The summed E-state index contributed by atoms with van der Waals surface area (Å²) < 4.78 is 0. The number of hydrogen-bond donors (Lipinski definition) is 3. The first-order valence-electron chi connectivity index (χ1n) is 6.74. The lowest BCUT2D eigenvalue weighted by molar-refractivity contribution is 1.11. The van der Waals surface area contributed by atoms with Gasteiger partial charge in [-0.3, -0.25) is 0 Å². The minimum Gasteiger partial charge on any atom is -0.361 e. The normalized spacial score (nSPS) is 11.3. The fourth-order valence-electron chi connectivity index (χ4n) is 2.51. The summed E-state index contributed by atoms with van der Waals surface area (Å²) in [4.78, 5) is 11.0. The summed E-state index contributed by atoms with van der Waals surface area (Å²) in [7, 11) is 0. The number of anilines is 1. The molecule has 0 saturated heterocycles. The number of rotatable bonds is 3. The Kier molecular flexibility index (Phi) is 2.82. The van der Waals surface area contributed by atoms with Crippen molar-refractivity contribution in [3.8, 4) is 0 Å². The molecule has 4 nitrogen and oxygen atoms in total. The van der Waals surface area contributed by atoms with E-state index in [1.165, 1.54) is 0 Å². The molecule has 0 aliphatic heterocycles. The van der Waals surface area contributed by atoms with Crippen molar-refractivity contribution in [3.63, 3.8) is 0 Å². The van der Waals surface area contributed by atoms with Gasteiger partial charge < -0.3 is 15.3 Å². The highest BCUT2D eigenvalue weighted by Gasteiger charge is 2.06. The summed E-state index contributed by atoms with van der Waals surface area (Å²) in [6, 6.07) is 13.8. The molecule has 0 amide bonds. The lowest BCUT2D eigenvalue weighted by atomic mass is 10.2. The van der Waals surface area contributed by atoms with Gasteiger partial charge in [-0.1, -0.05) is 23.7 Å². The number of imidazole rings is 1. The van der Waals surface area contributed by atoms with Crippen molar-refractivity contribution < 1.29 is 0 Å². The Labute approximate surface area is 126 Å². The third kappa shape index (κ3) is 2.23. The smallest absolute Gasteiger partial charge is 0.201 e. The molecule has 0 atom stereocenters. The number of nitrogens with one attached hydrogen (secondary N) is 3. The van der Waals surface area contributed by atoms with Crippen LogP contribution in [0.1, 0.15) is 5.56 Å². The minimum absolute atomic E-state index is 0.681. The molecular formula is C16H13ClN4. The van der Waals surface area contributed by atoms with Crippen LogP contribution in [-0.4, -0.2) is 15.0 Å². The van der Waals surface area contributed by atoms with Gasteiger partial charge in [0.1, 0.15) is 0 Å². The highest BCUT2D eigenvalue weighted by molar-refractivity contribution is 6.31. The van der Waals surface area contributed by atoms with Gasteiger partial charge >= 0.3 is 0 Å². The zero-order valence-corrected chi connectivity index (χ0v) is 11.9. The molecule has 0 radical (unpaired) electrons. The Hall–Kier alpha value is -2.46. The third-order valence-electron chi connectivity index (χ3n) is 3.57. The van der Waals surface area contributed by atoms with Crippen LogP contribution < -0.4 is 5.32 Å². The highest BCUT2D eigenvalue weighted by Crippen LogP contribution is 2.23. The summed E-state index contributed by atoms with van der Waals surface area (Å²) in [5, 5.41) is 5.19. The van der Waals surface area contributed by atoms with Crippen LogP contribution in [0.4, 0.5) is 5.95 Å². The van der Waals surface area contributed by atoms with E-state index in [0.717, 1.165) is 38.5 Å². The maximum absolute atomic E-state index is 6.07. The molecule has 0 saturated carbocycles. The quantitative estimate of drug-likeness (QED) is 0.527. The van der Waals surface area contributed by atoms with Crippen LogP contribution in [0.5, 0.6) is 0 Å². The van der Waals surface area contributed by atoms with Crippen molar-refractivity contribution >= 4 is 39.5 Å². The van der Waals surface area contributed by atoms with Gasteiger partial charge in [0.05, 0.1) is 11.0 Å². The molecule has 0 spiro atoms. The van der Waals surface area contributed by atoms with E-state index in [-0.39, 0.29) is 0 Å². The maximum Gasteiger partial charge on any atom is 0.201 e. The van der Waals surface area contributed by atoms with Gasteiger partial charge in [-0.25, -0.2) is 4.98 Å². The summed E-state index contributed by atoms with van der Waals surface area (Å²) in [5.41, 5.74) is 4.23.